The van der Waals surface area contributed by atoms with E-state index in [2.05, 4.69) is 15.6 Å². The molecule has 0 radical (unpaired) electrons. The first-order valence-electron chi connectivity index (χ1n) is 9.81. The zero-order valence-electron chi connectivity index (χ0n) is 17.2. The normalized spacial score (nSPS) is 12.4. The van der Waals surface area contributed by atoms with Gasteiger partial charge < -0.3 is 10.6 Å². The summed E-state index contributed by atoms with van der Waals surface area (Å²) in [7, 11) is -3.77. The molecule has 31 heavy (non-hydrogen) atoms. The van der Waals surface area contributed by atoms with Crippen molar-refractivity contribution in [2.75, 3.05) is 11.9 Å². The topological polar surface area (TPSA) is 88.2 Å². The minimum absolute atomic E-state index is 0.112. The van der Waals surface area contributed by atoms with Crippen LogP contribution in [0.3, 0.4) is 0 Å². The number of sulfone groups is 1. The lowest BCUT2D eigenvalue weighted by molar-refractivity contribution is 0.252. The molecule has 3 rings (SSSR count). The van der Waals surface area contributed by atoms with Gasteiger partial charge in [-0.25, -0.2) is 13.2 Å². The predicted molar refractivity (Wildman–Crippen MR) is 123 cm³/mol. The summed E-state index contributed by atoms with van der Waals surface area (Å²) in [5.74, 6) is 0.295. The molecule has 0 aliphatic carbocycles. The molecule has 2 N–H and O–H groups in total. The van der Waals surface area contributed by atoms with E-state index in [0.717, 1.165) is 5.56 Å². The monoisotopic (exact) mass is 457 g/mol. The van der Waals surface area contributed by atoms with Crippen LogP contribution in [0.1, 0.15) is 36.1 Å². The molecular formula is C23H24ClN3O3S. The van der Waals surface area contributed by atoms with Crippen molar-refractivity contribution in [2.45, 2.75) is 29.9 Å². The molecule has 2 aromatic carbocycles. The number of hydrogen-bond acceptors (Lipinski definition) is 4. The van der Waals surface area contributed by atoms with E-state index in [0.29, 0.717) is 22.2 Å². The first kappa shape index (κ1) is 22.8. The molecular weight excluding hydrogens is 434 g/mol. The summed E-state index contributed by atoms with van der Waals surface area (Å²) in [6.45, 7) is 3.98. The highest BCUT2D eigenvalue weighted by Crippen LogP contribution is 2.29. The Balaban J connectivity index is 1.81. The van der Waals surface area contributed by atoms with Crippen molar-refractivity contribution in [3.8, 4) is 0 Å². The van der Waals surface area contributed by atoms with Crippen LogP contribution in [-0.2, 0) is 9.84 Å². The number of anilines is 1. The van der Waals surface area contributed by atoms with E-state index in [-0.39, 0.29) is 11.4 Å². The van der Waals surface area contributed by atoms with Crippen molar-refractivity contribution in [3.63, 3.8) is 0 Å². The number of nitrogens with zero attached hydrogens (tertiary/aromatic N) is 1. The summed E-state index contributed by atoms with van der Waals surface area (Å²) < 4.78 is 26.8. The van der Waals surface area contributed by atoms with Gasteiger partial charge in [0.05, 0.1) is 4.90 Å². The molecule has 0 bridgehead atoms. The lowest BCUT2D eigenvalue weighted by Crippen LogP contribution is -2.35. The number of carbonyl (C=O) groups is 1. The first-order chi connectivity index (χ1) is 14.8. The van der Waals surface area contributed by atoms with Gasteiger partial charge in [0.15, 0.2) is 9.84 Å². The number of rotatable bonds is 7. The number of carbonyl (C=O) groups excluding carboxylic acids is 1. The summed E-state index contributed by atoms with van der Waals surface area (Å²) >= 11 is 5.85. The second-order valence-corrected chi connectivity index (χ2v) is 9.95. The third kappa shape index (κ3) is 5.83. The van der Waals surface area contributed by atoms with Crippen LogP contribution in [0.25, 0.3) is 0 Å². The maximum Gasteiger partial charge on any atom is 0.319 e. The van der Waals surface area contributed by atoms with E-state index in [4.69, 9.17) is 11.6 Å². The van der Waals surface area contributed by atoms with Crippen LogP contribution < -0.4 is 10.6 Å². The Hall–Kier alpha value is -2.90. The van der Waals surface area contributed by atoms with Crippen molar-refractivity contribution in [1.82, 2.24) is 10.3 Å². The second-order valence-electron chi connectivity index (χ2n) is 7.39. The van der Waals surface area contributed by atoms with Crippen molar-refractivity contribution in [3.05, 3.63) is 89.2 Å². The van der Waals surface area contributed by atoms with E-state index < -0.39 is 21.1 Å². The fourth-order valence-electron chi connectivity index (χ4n) is 3.07. The molecule has 0 spiro atoms. The Morgan fingerprint density at radius 2 is 1.68 bits per heavy atom. The summed E-state index contributed by atoms with van der Waals surface area (Å²) in [4.78, 5) is 16.6. The number of halogens is 1. The van der Waals surface area contributed by atoms with E-state index in [9.17, 15) is 13.2 Å². The van der Waals surface area contributed by atoms with E-state index >= 15 is 0 Å². The van der Waals surface area contributed by atoms with Crippen molar-refractivity contribution in [2.24, 2.45) is 0 Å². The standard InChI is InChI=1S/C23H24ClN3O3S/c1-16(2)17-5-11-21(12-6-17)31(29,30)22(18-4-3-13-25-14-18)15-26-23(28)27-20-9-7-19(24)8-10-20/h3-14,16,22H,15H2,1-2H3,(H2,26,27,28). The van der Waals surface area contributed by atoms with Crippen LogP contribution in [0, 0.1) is 0 Å². The molecule has 162 valence electrons. The molecule has 6 nitrogen and oxygen atoms in total. The molecule has 1 aromatic heterocycles. The van der Waals surface area contributed by atoms with E-state index in [1.807, 2.05) is 26.0 Å². The van der Waals surface area contributed by atoms with Gasteiger partial charge in [-0.1, -0.05) is 43.6 Å². The van der Waals surface area contributed by atoms with Crippen molar-refractivity contribution < 1.29 is 13.2 Å². The van der Waals surface area contributed by atoms with Crippen LogP contribution in [0.5, 0.6) is 0 Å². The smallest absolute Gasteiger partial charge is 0.319 e. The molecule has 2 amide bonds. The van der Waals surface area contributed by atoms with Gasteiger partial charge in [-0.2, -0.15) is 0 Å². The van der Waals surface area contributed by atoms with Crippen LogP contribution in [0.15, 0.2) is 78.0 Å². The largest absolute Gasteiger partial charge is 0.336 e. The van der Waals surface area contributed by atoms with Gasteiger partial charge in [0.25, 0.3) is 0 Å². The fourth-order valence-corrected chi connectivity index (χ4v) is 4.84. The Bertz CT molecular complexity index is 1120. The lowest BCUT2D eigenvalue weighted by Gasteiger charge is -2.19. The Morgan fingerprint density at radius 1 is 1.00 bits per heavy atom. The number of hydrogen-bond donors (Lipinski definition) is 2. The fraction of sp³-hybridized carbons (Fsp3) is 0.217. The Kier molecular flexibility index (Phi) is 7.30. The average molecular weight is 458 g/mol. The summed E-state index contributed by atoms with van der Waals surface area (Å²) in [5, 5.41) is 4.90. The minimum atomic E-state index is -3.77. The van der Waals surface area contributed by atoms with Crippen molar-refractivity contribution >= 4 is 33.2 Å². The summed E-state index contributed by atoms with van der Waals surface area (Å²) in [6, 6.07) is 16.3. The van der Waals surface area contributed by atoms with E-state index in [1.165, 1.54) is 6.20 Å². The molecule has 0 aliphatic heterocycles. The van der Waals surface area contributed by atoms with Crippen molar-refractivity contribution in [1.29, 1.82) is 0 Å². The SMILES string of the molecule is CC(C)c1ccc(S(=O)(=O)C(CNC(=O)Nc2ccc(Cl)cc2)c2cccnc2)cc1. The van der Waals surface area contributed by atoms with Gasteiger partial charge in [-0.05, 0) is 59.5 Å². The minimum Gasteiger partial charge on any atom is -0.336 e. The molecule has 0 saturated carbocycles. The zero-order valence-corrected chi connectivity index (χ0v) is 18.8. The highest BCUT2D eigenvalue weighted by Gasteiger charge is 2.30. The quantitative estimate of drug-likeness (QED) is 0.510. The number of urea groups is 1. The zero-order chi connectivity index (χ0) is 22.4. The van der Waals surface area contributed by atoms with Crippen LogP contribution >= 0.6 is 11.6 Å². The van der Waals surface area contributed by atoms with Gasteiger partial charge in [0.2, 0.25) is 0 Å². The Morgan fingerprint density at radius 3 is 2.26 bits per heavy atom. The molecule has 1 unspecified atom stereocenters. The van der Waals surface area contributed by atoms with E-state index in [1.54, 1.807) is 54.7 Å². The number of amides is 2. The lowest BCUT2D eigenvalue weighted by atomic mass is 10.0. The summed E-state index contributed by atoms with van der Waals surface area (Å²) in [6.07, 6.45) is 3.08. The van der Waals surface area contributed by atoms with Gasteiger partial charge in [-0.15, -0.1) is 0 Å². The van der Waals surface area contributed by atoms with Gasteiger partial charge in [0.1, 0.15) is 5.25 Å². The second kappa shape index (κ2) is 9.94. The third-order valence-corrected chi connectivity index (χ3v) is 7.23. The molecule has 0 fully saturated rings. The number of nitrogens with one attached hydrogen (secondary N) is 2. The molecule has 1 heterocycles. The van der Waals surface area contributed by atoms with Crippen LogP contribution in [-0.4, -0.2) is 26.0 Å². The molecule has 8 heteroatoms. The van der Waals surface area contributed by atoms with Crippen LogP contribution in [0.4, 0.5) is 10.5 Å². The van der Waals surface area contributed by atoms with Gasteiger partial charge in [-0.3, -0.25) is 4.98 Å². The third-order valence-electron chi connectivity index (χ3n) is 4.86. The maximum atomic E-state index is 13.4. The number of benzene rings is 2. The Labute approximate surface area is 187 Å². The average Bonchev–Trinajstić information content (AvgIpc) is 2.76. The number of aromatic nitrogens is 1. The van der Waals surface area contributed by atoms with Gasteiger partial charge in [0, 0.05) is 29.6 Å². The first-order valence-corrected chi connectivity index (χ1v) is 11.7. The predicted octanol–water partition coefficient (Wildman–Crippen LogP) is 5.20. The highest BCUT2D eigenvalue weighted by molar-refractivity contribution is 7.91. The molecule has 0 saturated heterocycles. The number of pyridine rings is 1. The molecule has 3 aromatic rings. The highest BCUT2D eigenvalue weighted by atomic mass is 35.5. The molecule has 1 atom stereocenters. The maximum absolute atomic E-state index is 13.4. The molecule has 0 aliphatic rings. The van der Waals surface area contributed by atoms with Crippen LogP contribution in [0.2, 0.25) is 5.02 Å². The van der Waals surface area contributed by atoms with Gasteiger partial charge >= 0.3 is 6.03 Å². The summed E-state index contributed by atoms with van der Waals surface area (Å²) in [5.41, 5.74) is 2.10.